The highest BCUT2D eigenvalue weighted by Gasteiger charge is 2.27. The lowest BCUT2D eigenvalue weighted by Crippen LogP contribution is -2.41. The van der Waals surface area contributed by atoms with Crippen molar-refractivity contribution in [2.75, 3.05) is 0 Å². The molecule has 0 atom stereocenters. The van der Waals surface area contributed by atoms with Crippen molar-refractivity contribution < 1.29 is 19.3 Å². The second-order valence-corrected chi connectivity index (χ2v) is 10.5. The van der Waals surface area contributed by atoms with Crippen LogP contribution in [0.4, 0.5) is 0 Å². The molecule has 0 bridgehead atoms. The third-order valence-corrected chi connectivity index (χ3v) is 8.12. The topological polar surface area (TPSA) is 88.5 Å². The maximum absolute atomic E-state index is 12.8. The Balaban J connectivity index is 1.24. The average Bonchev–Trinajstić information content (AvgIpc) is 3.43. The van der Waals surface area contributed by atoms with Crippen LogP contribution in [0.15, 0.2) is 34.8 Å². The normalized spacial score (nSPS) is 26.3. The summed E-state index contributed by atoms with van der Waals surface area (Å²) in [6, 6.07) is 0.311. The molecule has 2 aromatic heterocycles. The van der Waals surface area contributed by atoms with Gasteiger partial charge in [0.05, 0.1) is 39.0 Å². The van der Waals surface area contributed by atoms with Crippen molar-refractivity contribution in [1.82, 2.24) is 9.13 Å². The van der Waals surface area contributed by atoms with Gasteiger partial charge < -0.3 is 10.2 Å². The largest absolute Gasteiger partial charge is 0.853 e. The van der Waals surface area contributed by atoms with Gasteiger partial charge >= 0.3 is 0 Å². The van der Waals surface area contributed by atoms with E-state index in [0.717, 1.165) is 76.3 Å². The molecule has 0 aromatic carbocycles. The van der Waals surface area contributed by atoms with Gasteiger partial charge in [-0.15, -0.1) is 0 Å². The van der Waals surface area contributed by atoms with E-state index in [1.165, 1.54) is 6.42 Å². The highest BCUT2D eigenvalue weighted by molar-refractivity contribution is 5.86. The zero-order valence-corrected chi connectivity index (χ0v) is 21.9. The molecule has 2 aliphatic carbocycles. The van der Waals surface area contributed by atoms with Crippen molar-refractivity contribution in [2.24, 2.45) is 35.9 Å². The summed E-state index contributed by atoms with van der Waals surface area (Å²) in [5.41, 5.74) is 0. The summed E-state index contributed by atoms with van der Waals surface area (Å²) in [7, 11) is 3.82. The number of rotatable bonds is 8. The van der Waals surface area contributed by atoms with Crippen molar-refractivity contribution >= 4 is 11.8 Å². The van der Waals surface area contributed by atoms with Crippen molar-refractivity contribution in [2.45, 2.75) is 96.8 Å². The predicted octanol–water partition coefficient (Wildman–Crippen LogP) is 1.40. The Hall–Kier alpha value is -2.64. The van der Waals surface area contributed by atoms with Crippen LogP contribution >= 0.6 is 0 Å². The van der Waals surface area contributed by atoms with Crippen LogP contribution in [0.25, 0.3) is 0 Å². The summed E-state index contributed by atoms with van der Waals surface area (Å²) >= 11 is 0. The van der Waals surface area contributed by atoms with Crippen LogP contribution in [0.2, 0.25) is 0 Å². The summed E-state index contributed by atoms with van der Waals surface area (Å²) in [5, 5.41) is 25.5. The molecule has 35 heavy (non-hydrogen) atoms. The standard InChI is InChI=1S/C27H42N6O2/c1-5-32-17-15-30(3)26(32)24(34)28-22-11-7-20(8-12-22)19-21-9-13-23(14-10-21)29-25(35)27-31(4)16-18-33(27)6-2/h15-18,20-23H,5-14,19H2,1-4H3. The Morgan fingerprint density at radius 1 is 0.743 bits per heavy atom. The van der Waals surface area contributed by atoms with E-state index in [4.69, 9.17) is 0 Å². The first kappa shape index (κ1) is 25.5. The molecule has 8 nitrogen and oxygen atoms in total. The van der Waals surface area contributed by atoms with E-state index in [9.17, 15) is 10.2 Å². The van der Waals surface area contributed by atoms with Crippen LogP contribution < -0.4 is 19.3 Å². The van der Waals surface area contributed by atoms with Gasteiger partial charge in [0.2, 0.25) is 0 Å². The molecule has 2 aliphatic rings. The molecule has 2 fully saturated rings. The van der Waals surface area contributed by atoms with E-state index in [-0.39, 0.29) is 23.9 Å². The number of aryl methyl sites for hydroxylation is 4. The highest BCUT2D eigenvalue weighted by atomic mass is 16.3. The van der Waals surface area contributed by atoms with Gasteiger partial charge in [-0.05, 0) is 83.5 Å². The molecule has 2 heterocycles. The quantitative estimate of drug-likeness (QED) is 0.323. The van der Waals surface area contributed by atoms with Gasteiger partial charge in [0.25, 0.3) is 11.6 Å². The smallest absolute Gasteiger partial charge is 0.291 e. The van der Waals surface area contributed by atoms with Gasteiger partial charge in [0.1, 0.15) is 24.8 Å². The lowest BCUT2D eigenvalue weighted by atomic mass is 9.76. The second kappa shape index (κ2) is 11.4. The fraction of sp³-hybridized carbons (Fsp3) is 0.704. The second-order valence-electron chi connectivity index (χ2n) is 10.5. The molecule has 0 radical (unpaired) electrons. The first-order valence-electron chi connectivity index (χ1n) is 13.5. The molecule has 0 spiro atoms. The summed E-state index contributed by atoms with van der Waals surface area (Å²) in [4.78, 5) is 9.16. The fourth-order valence-electron chi connectivity index (χ4n) is 6.04. The molecule has 0 saturated heterocycles. The minimum atomic E-state index is -0.0841. The lowest BCUT2D eigenvalue weighted by Gasteiger charge is -2.33. The van der Waals surface area contributed by atoms with E-state index in [1.54, 1.807) is 0 Å². The maximum Gasteiger partial charge on any atom is 0.291 e. The molecule has 2 aromatic rings. The summed E-state index contributed by atoms with van der Waals surface area (Å²) in [6.45, 7) is 5.65. The zero-order chi connectivity index (χ0) is 24.9. The Morgan fingerprint density at radius 2 is 1.11 bits per heavy atom. The van der Waals surface area contributed by atoms with Crippen LogP contribution in [0.5, 0.6) is 0 Å². The summed E-state index contributed by atoms with van der Waals surface area (Å²) < 4.78 is 7.68. The van der Waals surface area contributed by atoms with Crippen LogP contribution in [0, 0.1) is 11.8 Å². The van der Waals surface area contributed by atoms with Gasteiger partial charge in [-0.25, -0.2) is 18.3 Å². The number of hydrogen-bond donors (Lipinski definition) is 0. The van der Waals surface area contributed by atoms with Crippen LogP contribution in [0.1, 0.15) is 83.3 Å². The SMILES string of the molecule is CCn1cc[n+](C)c1C([O-])=NC1CCC(CC2CCC(N=C([O-])c3n(CC)cc[n+]3C)CC2)CC1. The average molecular weight is 483 g/mol. The molecule has 0 aliphatic heterocycles. The summed E-state index contributed by atoms with van der Waals surface area (Å²) in [6.07, 6.45) is 17.7. The minimum absolute atomic E-state index is 0.0841. The van der Waals surface area contributed by atoms with Gasteiger partial charge in [0, 0.05) is 12.1 Å². The Kier molecular flexibility index (Phi) is 8.29. The number of nitrogens with zero attached hydrogens (tertiary/aromatic N) is 6. The number of aromatic nitrogens is 4. The van der Waals surface area contributed by atoms with E-state index < -0.39 is 0 Å². The highest BCUT2D eigenvalue weighted by Crippen LogP contribution is 2.36. The molecule has 0 N–H and O–H groups in total. The third kappa shape index (κ3) is 5.96. The number of imidazole rings is 2. The Labute approximate surface area is 209 Å². The van der Waals surface area contributed by atoms with Gasteiger partial charge in [-0.1, -0.05) is 0 Å². The van der Waals surface area contributed by atoms with Crippen LogP contribution in [-0.2, 0) is 27.2 Å². The molecule has 0 amide bonds. The van der Waals surface area contributed by atoms with Gasteiger partial charge in [-0.2, -0.15) is 0 Å². The number of hydrogen-bond acceptors (Lipinski definition) is 4. The maximum atomic E-state index is 12.8. The van der Waals surface area contributed by atoms with Crippen LogP contribution in [0.3, 0.4) is 0 Å². The molecule has 8 heteroatoms. The van der Waals surface area contributed by atoms with Gasteiger partial charge in [0.15, 0.2) is 0 Å². The monoisotopic (exact) mass is 482 g/mol. The summed E-state index contributed by atoms with van der Waals surface area (Å²) in [5.74, 6) is 2.65. The fourth-order valence-corrected chi connectivity index (χ4v) is 6.04. The van der Waals surface area contributed by atoms with Crippen molar-refractivity contribution in [1.29, 1.82) is 0 Å². The Morgan fingerprint density at radius 3 is 1.46 bits per heavy atom. The van der Waals surface area contributed by atoms with E-state index in [2.05, 4.69) is 9.98 Å². The van der Waals surface area contributed by atoms with Crippen molar-refractivity contribution in [3.05, 3.63) is 36.4 Å². The molecule has 2 saturated carbocycles. The van der Waals surface area contributed by atoms with E-state index >= 15 is 0 Å². The molecule has 192 valence electrons. The third-order valence-electron chi connectivity index (χ3n) is 8.12. The van der Waals surface area contributed by atoms with Crippen molar-refractivity contribution in [3.8, 4) is 0 Å². The molecule has 0 unspecified atom stereocenters. The molecular weight excluding hydrogens is 440 g/mol. The first-order chi connectivity index (χ1) is 16.9. The van der Waals surface area contributed by atoms with Crippen LogP contribution in [-0.4, -0.2) is 33.0 Å². The molecular formula is C27H42N6O2. The van der Waals surface area contributed by atoms with E-state index in [0.29, 0.717) is 11.6 Å². The van der Waals surface area contributed by atoms with Gasteiger partial charge in [-0.3, -0.25) is 9.98 Å². The van der Waals surface area contributed by atoms with E-state index in [1.807, 2.05) is 71.0 Å². The lowest BCUT2D eigenvalue weighted by molar-refractivity contribution is -0.674. The predicted molar refractivity (Wildman–Crippen MR) is 132 cm³/mol. The zero-order valence-electron chi connectivity index (χ0n) is 21.9. The molecule has 4 rings (SSSR count). The van der Waals surface area contributed by atoms with Crippen molar-refractivity contribution in [3.63, 3.8) is 0 Å². The first-order valence-corrected chi connectivity index (χ1v) is 13.5. The number of aliphatic imine (C=N–C) groups is 2. The Bertz CT molecular complexity index is 954. The minimum Gasteiger partial charge on any atom is -0.853 e.